The predicted molar refractivity (Wildman–Crippen MR) is 74.3 cm³/mol. The highest BCUT2D eigenvalue weighted by Crippen LogP contribution is 2.25. The molecule has 2 aliphatic heterocycles. The largest absolute Gasteiger partial charge is 0.394 e. The number of hydrogen-bond donors (Lipinski definition) is 7. The van der Waals surface area contributed by atoms with Gasteiger partial charge in [-0.1, -0.05) is 0 Å². The summed E-state index contributed by atoms with van der Waals surface area (Å²) in [7, 11) is 1.47. The molecule has 0 amide bonds. The number of ether oxygens (including phenoxy) is 3. The van der Waals surface area contributed by atoms with Crippen molar-refractivity contribution < 1.29 is 44.8 Å². The molecule has 0 aromatic heterocycles. The third kappa shape index (κ3) is 3.99. The van der Waals surface area contributed by atoms with Crippen LogP contribution in [0.1, 0.15) is 0 Å². The van der Waals surface area contributed by atoms with E-state index in [4.69, 9.17) is 19.3 Å². The monoisotopic (exact) mass is 339 g/mol. The van der Waals surface area contributed by atoms with Gasteiger partial charge in [0.05, 0.1) is 25.4 Å². The Kier molecular flexibility index (Phi) is 6.68. The Morgan fingerprint density at radius 1 is 1.04 bits per heavy atom. The van der Waals surface area contributed by atoms with E-state index in [1.807, 2.05) is 0 Å². The molecular weight excluding hydrogens is 314 g/mol. The first-order chi connectivity index (χ1) is 10.9. The van der Waals surface area contributed by atoms with E-state index in [0.29, 0.717) is 0 Å². The zero-order valence-corrected chi connectivity index (χ0v) is 12.7. The number of aliphatic hydroxyl groups excluding tert-OH is 6. The quantitative estimate of drug-likeness (QED) is 0.260. The molecule has 23 heavy (non-hydrogen) atoms. The van der Waals surface area contributed by atoms with E-state index >= 15 is 0 Å². The lowest BCUT2D eigenvalue weighted by atomic mass is 9.95. The fraction of sp³-hybridized carbons (Fsp3) is 1.00. The average Bonchev–Trinajstić information content (AvgIpc) is 2.54. The summed E-state index contributed by atoms with van der Waals surface area (Å²) < 4.78 is 15.6. The molecule has 9 atom stereocenters. The van der Waals surface area contributed by atoms with Crippen molar-refractivity contribution >= 4 is 0 Å². The Hall–Kier alpha value is -0.400. The molecule has 10 heteroatoms. The number of hydrogen-bond acceptors (Lipinski definition) is 10. The standard InChI is InChI=1S/C13H25NO9/c1-21-4-5-8(17)12(6(16)2-14-5)23-13-11(20)10(19)9(18)7(3-15)22-13/h5-20H,2-4H2,1H3. The summed E-state index contributed by atoms with van der Waals surface area (Å²) in [6.45, 7) is -0.274. The number of nitrogens with one attached hydrogen (secondary N) is 1. The summed E-state index contributed by atoms with van der Waals surface area (Å²) in [5.41, 5.74) is 0. The average molecular weight is 339 g/mol. The van der Waals surface area contributed by atoms with Gasteiger partial charge in [-0.25, -0.2) is 0 Å². The van der Waals surface area contributed by atoms with Gasteiger partial charge in [-0.05, 0) is 0 Å². The zero-order chi connectivity index (χ0) is 17.1. The highest BCUT2D eigenvalue weighted by molar-refractivity contribution is 4.95. The van der Waals surface area contributed by atoms with Gasteiger partial charge in [-0.2, -0.15) is 0 Å². The molecule has 2 aliphatic rings. The van der Waals surface area contributed by atoms with Gasteiger partial charge in [-0.15, -0.1) is 0 Å². The second-order valence-corrected chi connectivity index (χ2v) is 5.83. The van der Waals surface area contributed by atoms with Gasteiger partial charge < -0.3 is 50.2 Å². The van der Waals surface area contributed by atoms with Crippen molar-refractivity contribution in [1.82, 2.24) is 5.32 Å². The van der Waals surface area contributed by atoms with Crippen LogP contribution in [0.4, 0.5) is 0 Å². The van der Waals surface area contributed by atoms with Crippen LogP contribution in [0.25, 0.3) is 0 Å². The highest BCUT2D eigenvalue weighted by Gasteiger charge is 2.47. The van der Waals surface area contributed by atoms with Crippen molar-refractivity contribution in [3.05, 3.63) is 0 Å². The smallest absolute Gasteiger partial charge is 0.187 e. The van der Waals surface area contributed by atoms with Gasteiger partial charge in [0.25, 0.3) is 0 Å². The van der Waals surface area contributed by atoms with Crippen molar-refractivity contribution in [3.63, 3.8) is 0 Å². The van der Waals surface area contributed by atoms with Crippen LogP contribution in [-0.2, 0) is 14.2 Å². The maximum absolute atomic E-state index is 10.3. The van der Waals surface area contributed by atoms with Gasteiger partial charge in [-0.3, -0.25) is 0 Å². The molecule has 7 N–H and O–H groups in total. The van der Waals surface area contributed by atoms with Gasteiger partial charge in [0, 0.05) is 13.7 Å². The third-order valence-electron chi connectivity index (χ3n) is 4.20. The molecule has 9 unspecified atom stereocenters. The molecule has 136 valence electrons. The van der Waals surface area contributed by atoms with E-state index in [1.54, 1.807) is 0 Å². The van der Waals surface area contributed by atoms with E-state index in [-0.39, 0.29) is 13.2 Å². The third-order valence-corrected chi connectivity index (χ3v) is 4.20. The number of piperidine rings is 1. The van der Waals surface area contributed by atoms with Gasteiger partial charge in [0.2, 0.25) is 0 Å². The lowest BCUT2D eigenvalue weighted by molar-refractivity contribution is -0.326. The van der Waals surface area contributed by atoms with Crippen LogP contribution in [0.3, 0.4) is 0 Å². The summed E-state index contributed by atoms with van der Waals surface area (Å²) >= 11 is 0. The van der Waals surface area contributed by atoms with E-state index in [0.717, 1.165) is 0 Å². The van der Waals surface area contributed by atoms with Crippen LogP contribution in [0, 0.1) is 0 Å². The summed E-state index contributed by atoms with van der Waals surface area (Å²) in [4.78, 5) is 0. The number of β-amino-alcohol motifs (C(OH)–C–C–N with tert-alkyl or cyclic N) is 1. The Morgan fingerprint density at radius 3 is 2.35 bits per heavy atom. The van der Waals surface area contributed by atoms with Crippen LogP contribution >= 0.6 is 0 Å². The van der Waals surface area contributed by atoms with Crippen LogP contribution in [0.2, 0.25) is 0 Å². The number of methoxy groups -OCH3 is 1. The van der Waals surface area contributed by atoms with E-state index < -0.39 is 61.7 Å². The first-order valence-electron chi connectivity index (χ1n) is 7.45. The Morgan fingerprint density at radius 2 is 1.74 bits per heavy atom. The van der Waals surface area contributed by atoms with Crippen molar-refractivity contribution in [2.45, 2.75) is 55.1 Å². The molecule has 2 heterocycles. The summed E-state index contributed by atoms with van der Waals surface area (Å²) in [5, 5.41) is 61.7. The van der Waals surface area contributed by atoms with Crippen LogP contribution < -0.4 is 5.32 Å². The lowest BCUT2D eigenvalue weighted by Gasteiger charge is -2.44. The van der Waals surface area contributed by atoms with E-state index in [2.05, 4.69) is 5.32 Å². The summed E-state index contributed by atoms with van der Waals surface area (Å²) in [5.74, 6) is 0. The van der Waals surface area contributed by atoms with Crippen LogP contribution in [0.5, 0.6) is 0 Å². The molecule has 2 fully saturated rings. The lowest BCUT2D eigenvalue weighted by Crippen LogP contribution is -2.65. The minimum atomic E-state index is -1.59. The fourth-order valence-corrected chi connectivity index (χ4v) is 2.81. The SMILES string of the molecule is COCC1NCC(O)C(OC2OC(CO)C(O)C(O)C2O)C1O. The molecule has 10 nitrogen and oxygen atoms in total. The first-order valence-corrected chi connectivity index (χ1v) is 7.45. The predicted octanol–water partition coefficient (Wildman–Crippen LogP) is -4.49. The minimum absolute atomic E-state index is 0.132. The maximum atomic E-state index is 10.3. The second kappa shape index (κ2) is 8.12. The van der Waals surface area contributed by atoms with Crippen molar-refractivity contribution in [1.29, 1.82) is 0 Å². The molecule has 0 aromatic rings. The first kappa shape index (κ1) is 18.9. The topological polar surface area (TPSA) is 161 Å². The molecule has 0 aromatic carbocycles. The Labute approximate surface area is 133 Å². The summed E-state index contributed by atoms with van der Waals surface area (Å²) in [6.07, 6.45) is -10.5. The molecule has 0 radical (unpaired) electrons. The van der Waals surface area contributed by atoms with Crippen LogP contribution in [0.15, 0.2) is 0 Å². The maximum Gasteiger partial charge on any atom is 0.187 e. The van der Waals surface area contributed by atoms with Gasteiger partial charge in [0.1, 0.15) is 36.6 Å². The van der Waals surface area contributed by atoms with Crippen molar-refractivity contribution in [3.8, 4) is 0 Å². The van der Waals surface area contributed by atoms with Gasteiger partial charge in [0.15, 0.2) is 6.29 Å². The van der Waals surface area contributed by atoms with Crippen LogP contribution in [-0.4, -0.2) is 113 Å². The second-order valence-electron chi connectivity index (χ2n) is 5.83. The molecule has 2 rings (SSSR count). The van der Waals surface area contributed by atoms with Crippen molar-refractivity contribution in [2.75, 3.05) is 26.9 Å². The van der Waals surface area contributed by atoms with E-state index in [1.165, 1.54) is 7.11 Å². The normalized spacial score (nSPS) is 48.4. The van der Waals surface area contributed by atoms with Gasteiger partial charge >= 0.3 is 0 Å². The number of aliphatic hydroxyl groups is 6. The number of rotatable bonds is 5. The minimum Gasteiger partial charge on any atom is -0.394 e. The zero-order valence-electron chi connectivity index (χ0n) is 12.7. The Bertz CT molecular complexity index is 371. The van der Waals surface area contributed by atoms with Crippen molar-refractivity contribution in [2.24, 2.45) is 0 Å². The Balaban J connectivity index is 2.06. The highest BCUT2D eigenvalue weighted by atomic mass is 16.7. The molecule has 0 spiro atoms. The fourth-order valence-electron chi connectivity index (χ4n) is 2.81. The molecule has 0 bridgehead atoms. The molecule has 0 saturated carbocycles. The molecule has 2 saturated heterocycles. The van der Waals surface area contributed by atoms with E-state index in [9.17, 15) is 25.5 Å². The molecule has 0 aliphatic carbocycles. The summed E-state index contributed by atoms with van der Waals surface area (Å²) in [6, 6.07) is -0.488. The molecular formula is C13H25NO9.